The lowest BCUT2D eigenvalue weighted by atomic mass is 9.14. The number of aryl methyl sites for hydroxylation is 1. The standard InChI is InChI=1S/C27H23BF3.C16H36N/c29-25-14-8-22(9-15-25)28(23-10-16-26(30)17-11-23,24-12-18-27(31)19-13-24)20-4-7-21-5-2-1-3-6-21;1-5-9-13-17(14-10-6-2,15-11-7-3)16-12-8-4/h1-3,5-6,8-19H,4,7,20H2;5-16H2,1-4H3/q-1;+1. The van der Waals surface area contributed by atoms with Crippen LogP contribution < -0.4 is 16.4 Å². The molecule has 0 aliphatic heterocycles. The summed E-state index contributed by atoms with van der Waals surface area (Å²) in [4.78, 5) is 0. The van der Waals surface area contributed by atoms with Crippen LogP contribution in [0.5, 0.6) is 0 Å². The van der Waals surface area contributed by atoms with Crippen molar-refractivity contribution < 1.29 is 17.7 Å². The molecule has 0 unspecified atom stereocenters. The van der Waals surface area contributed by atoms with E-state index in [0.717, 1.165) is 35.6 Å². The van der Waals surface area contributed by atoms with Crippen LogP contribution in [0.4, 0.5) is 13.2 Å². The molecule has 260 valence electrons. The summed E-state index contributed by atoms with van der Waals surface area (Å²) in [5.74, 6) is -0.928. The predicted octanol–water partition coefficient (Wildman–Crippen LogP) is 10.2. The van der Waals surface area contributed by atoms with E-state index in [2.05, 4.69) is 39.8 Å². The second-order valence-corrected chi connectivity index (χ2v) is 13.7. The Kier molecular flexibility index (Phi) is 17.1. The maximum atomic E-state index is 13.8. The van der Waals surface area contributed by atoms with Crippen LogP contribution >= 0.6 is 0 Å². The van der Waals surface area contributed by atoms with Crippen molar-refractivity contribution in [3.63, 3.8) is 0 Å². The van der Waals surface area contributed by atoms with Gasteiger partial charge in [-0.15, -0.1) is 0 Å². The predicted molar refractivity (Wildman–Crippen MR) is 203 cm³/mol. The first-order valence-corrected chi connectivity index (χ1v) is 18.7. The molecular weight excluding hydrogens is 598 g/mol. The van der Waals surface area contributed by atoms with Gasteiger partial charge in [0.2, 0.25) is 0 Å². The number of unbranched alkanes of at least 4 members (excludes halogenated alkanes) is 4. The maximum absolute atomic E-state index is 13.8. The van der Waals surface area contributed by atoms with Gasteiger partial charge in [0.05, 0.1) is 32.3 Å². The van der Waals surface area contributed by atoms with Crippen molar-refractivity contribution >= 4 is 22.5 Å². The SMILES string of the molecule is CCCC[N+](CCCC)(CCCC)CCCC.Fc1ccc([B-](CCCc2ccccc2)(c2ccc(F)cc2)c2ccc(F)cc2)cc1. The molecule has 1 nitrogen and oxygen atoms in total. The average Bonchev–Trinajstić information content (AvgIpc) is 3.12. The lowest BCUT2D eigenvalue weighted by Gasteiger charge is -2.43. The van der Waals surface area contributed by atoms with E-state index < -0.39 is 6.15 Å². The van der Waals surface area contributed by atoms with Crippen molar-refractivity contribution in [3.05, 3.63) is 126 Å². The minimum absolute atomic E-state index is 0.309. The van der Waals surface area contributed by atoms with E-state index in [9.17, 15) is 13.2 Å². The van der Waals surface area contributed by atoms with Crippen molar-refractivity contribution in [2.45, 2.75) is 98.2 Å². The van der Waals surface area contributed by atoms with Crippen LogP contribution in [-0.4, -0.2) is 36.8 Å². The zero-order chi connectivity index (χ0) is 34.7. The van der Waals surface area contributed by atoms with Crippen molar-refractivity contribution in [2.75, 3.05) is 26.2 Å². The fraction of sp³-hybridized carbons (Fsp3) is 0.442. The molecule has 4 aromatic rings. The third kappa shape index (κ3) is 11.7. The molecule has 5 heteroatoms. The first-order chi connectivity index (χ1) is 23.3. The van der Waals surface area contributed by atoms with Gasteiger partial charge >= 0.3 is 0 Å². The van der Waals surface area contributed by atoms with Crippen molar-refractivity contribution in [1.82, 2.24) is 0 Å². The minimum atomic E-state index is -1.56. The molecule has 0 saturated carbocycles. The maximum Gasteiger partial charge on any atom is 0.122 e. The molecule has 0 aliphatic rings. The Labute approximate surface area is 290 Å². The van der Waals surface area contributed by atoms with E-state index in [0.29, 0.717) is 0 Å². The third-order valence-corrected chi connectivity index (χ3v) is 10.2. The largest absolute Gasteiger partial charge is 0.324 e. The Morgan fingerprint density at radius 1 is 0.438 bits per heavy atom. The van der Waals surface area contributed by atoms with Gasteiger partial charge in [0, 0.05) is 0 Å². The summed E-state index contributed by atoms with van der Waals surface area (Å²) in [6.45, 7) is 15.0. The second-order valence-electron chi connectivity index (χ2n) is 13.7. The van der Waals surface area contributed by atoms with Crippen molar-refractivity contribution in [1.29, 1.82) is 0 Å². The van der Waals surface area contributed by atoms with Crippen molar-refractivity contribution in [3.8, 4) is 0 Å². The molecule has 0 aliphatic carbocycles. The lowest BCUT2D eigenvalue weighted by Crippen LogP contribution is -2.67. The summed E-state index contributed by atoms with van der Waals surface area (Å²) in [6, 6.07) is 29.7. The molecule has 0 saturated heterocycles. The Morgan fingerprint density at radius 3 is 1.08 bits per heavy atom. The van der Waals surface area contributed by atoms with E-state index in [1.807, 2.05) is 18.2 Å². The molecule has 0 N–H and O–H groups in total. The van der Waals surface area contributed by atoms with Crippen LogP contribution in [0.1, 0.15) is 91.0 Å². The molecule has 0 spiro atoms. The summed E-state index contributed by atoms with van der Waals surface area (Å²) in [7, 11) is 0. The number of benzene rings is 4. The summed E-state index contributed by atoms with van der Waals surface area (Å²) < 4.78 is 42.7. The minimum Gasteiger partial charge on any atom is -0.324 e. The van der Waals surface area contributed by atoms with Crippen LogP contribution in [0, 0.1) is 17.5 Å². The number of quaternary nitrogens is 1. The monoisotopic (exact) mass is 657 g/mol. The zero-order valence-corrected chi connectivity index (χ0v) is 30.1. The van der Waals surface area contributed by atoms with Gasteiger partial charge in [-0.25, -0.2) is 13.2 Å². The second kappa shape index (κ2) is 20.9. The molecule has 0 amide bonds. The number of halogens is 3. The van der Waals surface area contributed by atoms with E-state index >= 15 is 0 Å². The number of rotatable bonds is 19. The molecule has 0 atom stereocenters. The van der Waals surface area contributed by atoms with Crippen LogP contribution in [0.3, 0.4) is 0 Å². The fourth-order valence-corrected chi connectivity index (χ4v) is 7.35. The Bertz CT molecular complexity index is 1260. The van der Waals surface area contributed by atoms with Gasteiger partial charge in [-0.3, -0.25) is 0 Å². The van der Waals surface area contributed by atoms with Gasteiger partial charge in [0.15, 0.2) is 0 Å². The average molecular weight is 658 g/mol. The summed E-state index contributed by atoms with van der Waals surface area (Å²) in [6.07, 6.45) is 12.0. The van der Waals surface area contributed by atoms with E-state index in [1.165, 1.54) is 124 Å². The number of hydrogen-bond donors (Lipinski definition) is 0. The van der Waals surface area contributed by atoms with Crippen LogP contribution in [0.15, 0.2) is 103 Å². The van der Waals surface area contributed by atoms with E-state index in [-0.39, 0.29) is 17.5 Å². The van der Waals surface area contributed by atoms with E-state index in [1.54, 1.807) is 36.4 Å². The topological polar surface area (TPSA) is 0 Å². The molecule has 0 heterocycles. The van der Waals surface area contributed by atoms with Gasteiger partial charge in [-0.05, 0) is 74.1 Å². The smallest absolute Gasteiger partial charge is 0.122 e. The van der Waals surface area contributed by atoms with Crippen LogP contribution in [-0.2, 0) is 6.42 Å². The molecule has 0 fully saturated rings. The van der Waals surface area contributed by atoms with Gasteiger partial charge in [-0.1, -0.05) is 127 Å². The van der Waals surface area contributed by atoms with Crippen molar-refractivity contribution in [2.24, 2.45) is 0 Å². The Morgan fingerprint density at radius 2 is 0.771 bits per heavy atom. The highest BCUT2D eigenvalue weighted by atomic mass is 19.1. The molecule has 0 aromatic heterocycles. The zero-order valence-electron chi connectivity index (χ0n) is 30.1. The molecule has 4 aromatic carbocycles. The first-order valence-electron chi connectivity index (χ1n) is 18.7. The molecule has 0 radical (unpaired) electrons. The first kappa shape index (κ1) is 39.1. The summed E-state index contributed by atoms with van der Waals surface area (Å²) in [5, 5.41) is 0. The normalized spacial score (nSPS) is 11.6. The van der Waals surface area contributed by atoms with Gasteiger partial charge in [0.25, 0.3) is 0 Å². The van der Waals surface area contributed by atoms with Gasteiger partial charge in [-0.2, -0.15) is 22.7 Å². The summed E-state index contributed by atoms with van der Waals surface area (Å²) >= 11 is 0. The van der Waals surface area contributed by atoms with Gasteiger partial charge in [0.1, 0.15) is 17.5 Å². The number of nitrogens with zero attached hydrogens (tertiary/aromatic N) is 1. The molecular formula is C43H59BF3N. The number of hydrogen-bond acceptors (Lipinski definition) is 0. The third-order valence-electron chi connectivity index (χ3n) is 10.2. The highest BCUT2D eigenvalue weighted by molar-refractivity contribution is 7.11. The van der Waals surface area contributed by atoms with Crippen LogP contribution in [0.2, 0.25) is 6.32 Å². The highest BCUT2D eigenvalue weighted by Gasteiger charge is 2.30. The Balaban J connectivity index is 0.000000315. The Hall–Kier alpha value is -3.31. The molecule has 4 rings (SSSR count). The lowest BCUT2D eigenvalue weighted by molar-refractivity contribution is -0.929. The van der Waals surface area contributed by atoms with E-state index in [4.69, 9.17) is 0 Å². The fourth-order valence-electron chi connectivity index (χ4n) is 7.35. The van der Waals surface area contributed by atoms with Crippen LogP contribution in [0.25, 0.3) is 0 Å². The quantitative estimate of drug-likeness (QED) is 0.0696. The molecule has 0 bridgehead atoms. The summed E-state index contributed by atoms with van der Waals surface area (Å²) in [5.41, 5.74) is 4.09. The van der Waals surface area contributed by atoms with Gasteiger partial charge < -0.3 is 4.48 Å². The highest BCUT2D eigenvalue weighted by Crippen LogP contribution is 2.19. The molecule has 48 heavy (non-hydrogen) atoms.